The first-order valence-corrected chi connectivity index (χ1v) is 11.6. The smallest absolute Gasteiger partial charge is 0.335 e. The molecule has 1 fully saturated rings. The van der Waals surface area contributed by atoms with Gasteiger partial charge in [-0.05, 0) is 48.7 Å². The van der Waals surface area contributed by atoms with Crippen LogP contribution >= 0.6 is 11.6 Å². The van der Waals surface area contributed by atoms with E-state index in [9.17, 15) is 14.0 Å². The number of nitrogens with zero attached hydrogens (tertiary/aromatic N) is 4. The van der Waals surface area contributed by atoms with Crippen molar-refractivity contribution in [2.75, 3.05) is 18.0 Å². The molecule has 1 atom stereocenters. The molecule has 176 valence electrons. The highest BCUT2D eigenvalue weighted by Gasteiger charge is 2.26. The van der Waals surface area contributed by atoms with Crippen LogP contribution in [0.15, 0.2) is 64.2 Å². The van der Waals surface area contributed by atoms with E-state index < -0.39 is 17.1 Å². The fourth-order valence-corrected chi connectivity index (χ4v) is 4.89. The molecule has 5 rings (SSSR count). The average molecular weight is 482 g/mol. The SMILES string of the molecule is Cn1c(=O)c2c(cc(N3CCCC(N)C3)n2Cc2cc(F)ccc2Cl)n(-c2ccccc2)c1=O. The van der Waals surface area contributed by atoms with Crippen molar-refractivity contribution in [2.24, 2.45) is 12.8 Å². The minimum atomic E-state index is -0.438. The van der Waals surface area contributed by atoms with Gasteiger partial charge in [-0.2, -0.15) is 0 Å². The Morgan fingerprint density at radius 1 is 1.12 bits per heavy atom. The predicted molar refractivity (Wildman–Crippen MR) is 133 cm³/mol. The normalized spacial score (nSPS) is 16.4. The summed E-state index contributed by atoms with van der Waals surface area (Å²) < 4.78 is 18.5. The fourth-order valence-electron chi connectivity index (χ4n) is 4.72. The van der Waals surface area contributed by atoms with E-state index in [2.05, 4.69) is 4.90 Å². The number of piperidine rings is 1. The van der Waals surface area contributed by atoms with Gasteiger partial charge < -0.3 is 15.2 Å². The topological polar surface area (TPSA) is 78.2 Å². The summed E-state index contributed by atoms with van der Waals surface area (Å²) in [4.78, 5) is 28.8. The van der Waals surface area contributed by atoms with Gasteiger partial charge in [0.05, 0.1) is 17.7 Å². The molecule has 7 nitrogen and oxygen atoms in total. The molecule has 3 heterocycles. The Kier molecular flexibility index (Phi) is 5.79. The summed E-state index contributed by atoms with van der Waals surface area (Å²) in [7, 11) is 1.46. The molecule has 0 bridgehead atoms. The highest BCUT2D eigenvalue weighted by Crippen LogP contribution is 2.30. The number of fused-ring (bicyclic) bond motifs is 1. The number of aromatic nitrogens is 3. The molecule has 1 saturated heterocycles. The van der Waals surface area contributed by atoms with Crippen molar-refractivity contribution in [3.8, 4) is 5.69 Å². The number of hydrogen-bond donors (Lipinski definition) is 1. The standard InChI is InChI=1S/C25H25ClFN5O2/c1-29-24(33)23-21(32(25(29)34)19-7-3-2-4-8-19)13-22(30-11-5-6-18(28)15-30)31(23)14-16-12-17(27)9-10-20(16)26/h2-4,7-10,12-13,18H,5-6,11,14-15,28H2,1H3. The monoisotopic (exact) mass is 481 g/mol. The van der Waals surface area contributed by atoms with Crippen molar-refractivity contribution in [1.82, 2.24) is 13.7 Å². The summed E-state index contributed by atoms with van der Waals surface area (Å²) in [5, 5.41) is 0.401. The molecule has 2 aromatic heterocycles. The lowest BCUT2D eigenvalue weighted by Gasteiger charge is -2.33. The number of halogens is 2. The molecule has 1 aliphatic heterocycles. The fraction of sp³-hybridized carbons (Fsp3) is 0.280. The minimum Gasteiger partial charge on any atom is -0.356 e. The van der Waals surface area contributed by atoms with Crippen LogP contribution < -0.4 is 21.9 Å². The molecule has 9 heteroatoms. The van der Waals surface area contributed by atoms with Crippen molar-refractivity contribution >= 4 is 28.5 Å². The maximum atomic E-state index is 14.1. The van der Waals surface area contributed by atoms with Crippen molar-refractivity contribution in [2.45, 2.75) is 25.4 Å². The van der Waals surface area contributed by atoms with Gasteiger partial charge in [0.25, 0.3) is 5.56 Å². The van der Waals surface area contributed by atoms with Crippen LogP contribution in [-0.4, -0.2) is 32.8 Å². The van der Waals surface area contributed by atoms with Gasteiger partial charge in [0.15, 0.2) is 0 Å². The number of hydrogen-bond acceptors (Lipinski definition) is 4. The zero-order valence-electron chi connectivity index (χ0n) is 18.7. The zero-order chi connectivity index (χ0) is 24.0. The Morgan fingerprint density at radius 3 is 2.62 bits per heavy atom. The van der Waals surface area contributed by atoms with Gasteiger partial charge in [0.2, 0.25) is 0 Å². The third kappa shape index (κ3) is 3.82. The molecular formula is C25H25ClFN5O2. The summed E-state index contributed by atoms with van der Waals surface area (Å²) in [6, 6.07) is 15.2. The van der Waals surface area contributed by atoms with E-state index in [0.29, 0.717) is 33.9 Å². The van der Waals surface area contributed by atoms with Crippen molar-refractivity contribution in [3.63, 3.8) is 0 Å². The zero-order valence-corrected chi connectivity index (χ0v) is 19.5. The highest BCUT2D eigenvalue weighted by atomic mass is 35.5. The summed E-state index contributed by atoms with van der Waals surface area (Å²) in [6.45, 7) is 1.54. The molecule has 0 aliphatic carbocycles. The van der Waals surface area contributed by atoms with Crippen LogP contribution in [0.1, 0.15) is 18.4 Å². The first-order valence-electron chi connectivity index (χ1n) is 11.2. The minimum absolute atomic E-state index is 0.00267. The van der Waals surface area contributed by atoms with Gasteiger partial charge in [0, 0.05) is 37.3 Å². The maximum Gasteiger partial charge on any atom is 0.335 e. The lowest BCUT2D eigenvalue weighted by Crippen LogP contribution is -2.43. The molecule has 0 radical (unpaired) electrons. The van der Waals surface area contributed by atoms with Crippen LogP contribution in [0.25, 0.3) is 16.7 Å². The van der Waals surface area contributed by atoms with Gasteiger partial charge in [-0.3, -0.25) is 13.9 Å². The molecule has 1 aliphatic rings. The molecule has 0 spiro atoms. The highest BCUT2D eigenvalue weighted by molar-refractivity contribution is 6.31. The molecule has 0 amide bonds. The average Bonchev–Trinajstić information content (AvgIpc) is 3.19. The van der Waals surface area contributed by atoms with Gasteiger partial charge in [-0.1, -0.05) is 29.8 Å². The van der Waals surface area contributed by atoms with Crippen LogP contribution in [0, 0.1) is 5.82 Å². The quantitative estimate of drug-likeness (QED) is 0.485. The molecule has 4 aromatic rings. The summed E-state index contributed by atoms with van der Waals surface area (Å²) in [5.74, 6) is 0.337. The molecule has 1 unspecified atom stereocenters. The van der Waals surface area contributed by atoms with Crippen LogP contribution in [-0.2, 0) is 13.6 Å². The number of benzene rings is 2. The third-order valence-corrected chi connectivity index (χ3v) is 6.78. The molecule has 34 heavy (non-hydrogen) atoms. The lowest BCUT2D eigenvalue weighted by molar-refractivity contribution is 0.498. The first-order chi connectivity index (χ1) is 16.3. The number of anilines is 1. The van der Waals surface area contributed by atoms with E-state index in [0.717, 1.165) is 29.8 Å². The third-order valence-electron chi connectivity index (χ3n) is 6.41. The Bertz CT molecular complexity index is 1490. The van der Waals surface area contributed by atoms with Gasteiger partial charge in [-0.15, -0.1) is 0 Å². The van der Waals surface area contributed by atoms with E-state index in [-0.39, 0.29) is 12.6 Å². The van der Waals surface area contributed by atoms with Gasteiger partial charge >= 0.3 is 5.69 Å². The molecular weight excluding hydrogens is 457 g/mol. The second kappa shape index (κ2) is 8.77. The summed E-state index contributed by atoms with van der Waals surface area (Å²) in [6.07, 6.45) is 1.83. The second-order valence-electron chi connectivity index (χ2n) is 8.72. The maximum absolute atomic E-state index is 14.1. The first kappa shape index (κ1) is 22.4. The van der Waals surface area contributed by atoms with Crippen LogP contribution in [0.3, 0.4) is 0 Å². The van der Waals surface area contributed by atoms with E-state index in [1.54, 1.807) is 0 Å². The summed E-state index contributed by atoms with van der Waals surface area (Å²) in [5.41, 5.74) is 7.42. The largest absolute Gasteiger partial charge is 0.356 e. The number of para-hydroxylation sites is 1. The summed E-state index contributed by atoms with van der Waals surface area (Å²) >= 11 is 6.40. The van der Waals surface area contributed by atoms with E-state index in [1.165, 1.54) is 29.8 Å². The molecule has 2 N–H and O–H groups in total. The Labute approximate surface area is 200 Å². The Balaban J connectivity index is 1.83. The van der Waals surface area contributed by atoms with Crippen molar-refractivity contribution in [3.05, 3.63) is 91.8 Å². The number of nitrogens with two attached hydrogens (primary N) is 1. The lowest BCUT2D eigenvalue weighted by atomic mass is 10.1. The van der Waals surface area contributed by atoms with E-state index in [4.69, 9.17) is 17.3 Å². The van der Waals surface area contributed by atoms with E-state index >= 15 is 0 Å². The predicted octanol–water partition coefficient (Wildman–Crippen LogP) is 3.26. The van der Waals surface area contributed by atoms with E-state index in [1.807, 2.05) is 41.0 Å². The molecule has 2 aromatic carbocycles. The molecule has 0 saturated carbocycles. The van der Waals surface area contributed by atoms with Gasteiger partial charge in [0.1, 0.15) is 17.2 Å². The van der Waals surface area contributed by atoms with Crippen LogP contribution in [0.2, 0.25) is 5.02 Å². The second-order valence-corrected chi connectivity index (χ2v) is 9.13. The van der Waals surface area contributed by atoms with Crippen molar-refractivity contribution in [1.29, 1.82) is 0 Å². The van der Waals surface area contributed by atoms with Gasteiger partial charge in [-0.25, -0.2) is 9.18 Å². The number of rotatable bonds is 4. The van der Waals surface area contributed by atoms with Crippen LogP contribution in [0.5, 0.6) is 0 Å². The van der Waals surface area contributed by atoms with Crippen LogP contribution in [0.4, 0.5) is 10.2 Å². The Morgan fingerprint density at radius 2 is 1.88 bits per heavy atom. The van der Waals surface area contributed by atoms with Crippen molar-refractivity contribution < 1.29 is 4.39 Å². The Hall–Kier alpha value is -3.36.